The van der Waals surface area contributed by atoms with Gasteiger partial charge in [0.15, 0.2) is 0 Å². The predicted octanol–water partition coefficient (Wildman–Crippen LogP) is 3.77. The molecule has 0 saturated carbocycles. The van der Waals surface area contributed by atoms with Crippen molar-refractivity contribution in [1.29, 1.82) is 5.26 Å². The molecular formula is C26H19CdN10O4+. The number of hydrogen-bond acceptors (Lipinski definition) is 11. The Balaban J connectivity index is 0.000000673. The fraction of sp³-hybridized carbons (Fsp3) is 0. The largest absolute Gasteiger partial charge is 2.00 e. The van der Waals surface area contributed by atoms with E-state index in [0.29, 0.717) is 22.8 Å². The van der Waals surface area contributed by atoms with Crippen molar-refractivity contribution in [3.05, 3.63) is 118 Å². The van der Waals surface area contributed by atoms with Crippen LogP contribution in [0.5, 0.6) is 0 Å². The average Bonchev–Trinajstić information content (AvgIpc) is 2.99. The zero-order valence-electron chi connectivity index (χ0n) is 21.2. The Morgan fingerprint density at radius 1 is 0.659 bits per heavy atom. The van der Waals surface area contributed by atoms with E-state index in [1.807, 2.05) is 72.8 Å². The van der Waals surface area contributed by atoms with Crippen LogP contribution < -0.4 is 0 Å². The molecule has 5 aromatic rings. The molecule has 0 aliphatic carbocycles. The molecule has 41 heavy (non-hydrogen) atoms. The van der Waals surface area contributed by atoms with E-state index in [-0.39, 0.29) is 32.8 Å². The van der Waals surface area contributed by atoms with Gasteiger partial charge < -0.3 is 31.2 Å². The molecule has 0 fully saturated rings. The Bertz CT molecular complexity index is 1400. The first-order valence-electron chi connectivity index (χ1n) is 10.9. The van der Waals surface area contributed by atoms with Gasteiger partial charge >= 0.3 is 27.3 Å². The van der Waals surface area contributed by atoms with Crippen LogP contribution in [0.3, 0.4) is 0 Å². The number of nitriles is 1. The molecule has 0 aliphatic rings. The molecule has 0 unspecified atom stereocenters. The Hall–Kier alpha value is -5.37. The number of hydrogen-bond donors (Lipinski definition) is 0. The number of aromatic nitrogens is 6. The fourth-order valence-electron chi connectivity index (χ4n) is 3.18. The van der Waals surface area contributed by atoms with Crippen LogP contribution in [0, 0.1) is 26.8 Å². The summed E-state index contributed by atoms with van der Waals surface area (Å²) >= 11 is 0. The van der Waals surface area contributed by atoms with E-state index in [1.165, 1.54) is 12.2 Å². The van der Waals surface area contributed by atoms with E-state index in [0.717, 1.165) is 22.8 Å². The monoisotopic (exact) mass is 649 g/mol. The van der Waals surface area contributed by atoms with E-state index >= 15 is 0 Å². The minimum Gasteiger partial charge on any atom is -0.457 e. The zero-order valence-corrected chi connectivity index (χ0v) is 25.3. The molecule has 0 radical (unpaired) electrons. The van der Waals surface area contributed by atoms with Gasteiger partial charge in [-0.2, -0.15) is 5.26 Å². The molecular weight excluding hydrogens is 629 g/mol. The molecule has 0 amide bonds. The molecule has 0 saturated heterocycles. The van der Waals surface area contributed by atoms with Gasteiger partial charge in [0.2, 0.25) is 0 Å². The van der Waals surface area contributed by atoms with Crippen molar-refractivity contribution in [3.63, 3.8) is 0 Å². The molecule has 3 N–H and O–H groups in total. The maximum absolute atomic E-state index is 8.25. The van der Waals surface area contributed by atoms with Crippen molar-refractivity contribution < 1.29 is 37.9 Å². The minimum atomic E-state index is -1.75. The van der Waals surface area contributed by atoms with Crippen molar-refractivity contribution in [2.45, 2.75) is 0 Å². The van der Waals surface area contributed by atoms with E-state index in [1.54, 1.807) is 24.8 Å². The van der Waals surface area contributed by atoms with Crippen molar-refractivity contribution in [3.8, 4) is 51.7 Å². The Morgan fingerprint density at radius 2 is 0.927 bits per heavy atom. The van der Waals surface area contributed by atoms with Gasteiger partial charge in [0.05, 0.1) is 34.1 Å². The summed E-state index contributed by atoms with van der Waals surface area (Å²) < 4.78 is 0. The average molecular weight is 648 g/mol. The molecule has 0 bridgehead atoms. The second kappa shape index (κ2) is 18.0. The van der Waals surface area contributed by atoms with Crippen LogP contribution in [0.4, 0.5) is 0 Å². The van der Waals surface area contributed by atoms with Gasteiger partial charge in [0, 0.05) is 24.8 Å². The summed E-state index contributed by atoms with van der Waals surface area (Å²) in [6, 6.07) is 24.2. The molecule has 5 rings (SSSR count). The summed E-state index contributed by atoms with van der Waals surface area (Å²) in [7, 11) is 0. The van der Waals surface area contributed by atoms with Gasteiger partial charge in [-0.25, -0.2) is 9.97 Å². The van der Waals surface area contributed by atoms with E-state index in [9.17, 15) is 0 Å². The van der Waals surface area contributed by atoms with Gasteiger partial charge in [0.25, 0.3) is 0 Å². The number of pyridine rings is 4. The third kappa shape index (κ3) is 10.0. The number of rotatable bonds is 4. The predicted molar refractivity (Wildman–Crippen MR) is 147 cm³/mol. The normalized spacial score (nSPS) is 8.85. The van der Waals surface area contributed by atoms with E-state index in [2.05, 4.69) is 24.9 Å². The summed E-state index contributed by atoms with van der Waals surface area (Å²) in [6.07, 6.45) is 8.25. The maximum Gasteiger partial charge on any atom is 2.00 e. The van der Waals surface area contributed by atoms with Gasteiger partial charge in [-0.3, -0.25) is 19.9 Å². The molecule has 5 aromatic heterocycles. The third-order valence-corrected chi connectivity index (χ3v) is 4.63. The van der Waals surface area contributed by atoms with Crippen LogP contribution in [0.15, 0.2) is 103 Å². The second-order valence-electron chi connectivity index (χ2n) is 7.01. The molecule has 14 nitrogen and oxygen atoms in total. The summed E-state index contributed by atoms with van der Waals surface area (Å²) in [5.74, 6) is 0. The van der Waals surface area contributed by atoms with Crippen molar-refractivity contribution in [2.75, 3.05) is 0 Å². The molecule has 0 aromatic carbocycles. The van der Waals surface area contributed by atoms with Crippen LogP contribution in [0.2, 0.25) is 0 Å². The third-order valence-electron chi connectivity index (χ3n) is 4.63. The topological polar surface area (TPSA) is 235 Å². The first-order chi connectivity index (χ1) is 19.0. The van der Waals surface area contributed by atoms with Crippen molar-refractivity contribution in [1.82, 2.24) is 29.9 Å². The maximum atomic E-state index is 8.25. The number of nitrogens with zero attached hydrogens (tertiary/aromatic N) is 10. The van der Waals surface area contributed by atoms with Crippen LogP contribution in [0.25, 0.3) is 51.0 Å². The summed E-state index contributed by atoms with van der Waals surface area (Å²) in [6.45, 7) is 0. The first kappa shape index (κ1) is 33.7. The van der Waals surface area contributed by atoms with E-state index < -0.39 is 5.09 Å². The Morgan fingerprint density at radius 3 is 1.07 bits per heavy atom. The first-order valence-corrected chi connectivity index (χ1v) is 10.9. The van der Waals surface area contributed by atoms with Crippen LogP contribution in [-0.2, 0) is 32.8 Å². The second-order valence-corrected chi connectivity index (χ2v) is 7.01. The summed E-state index contributed by atoms with van der Waals surface area (Å²) in [5, 5.41) is 29.6. The zero-order chi connectivity index (χ0) is 27.9. The van der Waals surface area contributed by atoms with Gasteiger partial charge in [-0.15, -0.1) is 6.01 Å². The molecule has 5 heterocycles. The Kier molecular flexibility index (Phi) is 14.8. The molecule has 198 valence electrons. The van der Waals surface area contributed by atoms with Gasteiger partial charge in [-0.05, 0) is 48.5 Å². The van der Waals surface area contributed by atoms with Crippen LogP contribution in [-0.4, -0.2) is 41.0 Å². The van der Waals surface area contributed by atoms with Gasteiger partial charge in [0.1, 0.15) is 22.8 Å². The number of aliphatic imine (C=N–C) groups is 1. The quantitative estimate of drug-likeness (QED) is 0.0683. The van der Waals surface area contributed by atoms with Crippen LogP contribution >= 0.6 is 0 Å². The summed E-state index contributed by atoms with van der Waals surface area (Å²) in [4.78, 5) is 38.9. The van der Waals surface area contributed by atoms with Gasteiger partial charge in [-0.1, -0.05) is 24.3 Å². The standard InChI is InChI=1S/C24H16N6.C2N3.Cd.NO3.H2O/c1-5-13-25-17(9-1)21-22(18-10-2-6-14-26-18)30-24(20-12-4-8-16-28-20)23(29-21)19-11-3-7-15-27-19;3-1-5-2-4;;2-1(3)4;/h1-16H;;;;1H2/q;-1;+2;-1;/p+1. The van der Waals surface area contributed by atoms with Crippen molar-refractivity contribution in [2.24, 2.45) is 4.99 Å². The molecule has 0 atom stereocenters. The van der Waals surface area contributed by atoms with E-state index in [4.69, 9.17) is 36.0 Å². The smallest absolute Gasteiger partial charge is 0.457 e. The molecule has 0 spiro atoms. The van der Waals surface area contributed by atoms with Crippen molar-refractivity contribution >= 4 is 6.01 Å². The fourth-order valence-corrected chi connectivity index (χ4v) is 3.18. The molecule has 15 heteroatoms. The van der Waals surface area contributed by atoms with Crippen LogP contribution in [0.1, 0.15) is 0 Å². The summed E-state index contributed by atoms with van der Waals surface area (Å²) in [5.41, 5.74) is 5.46. The Labute approximate surface area is 253 Å². The molecule has 0 aliphatic heterocycles. The SMILES string of the molecule is N#CN=C=[N-].O=[N+]([O-])[O-].[Cd+2].[OH3+].c1ccc(-c2nc(-c3ccccn3)c(-c3ccccn3)nc2-c2ccccn2)nc1. The minimum absolute atomic E-state index is 0.